The molecule has 19 heavy (non-hydrogen) atoms. The first-order valence-electron chi connectivity index (χ1n) is 6.29. The molecule has 0 radical (unpaired) electrons. The Morgan fingerprint density at radius 2 is 2.00 bits per heavy atom. The zero-order chi connectivity index (χ0) is 14.2. The van der Waals surface area contributed by atoms with E-state index in [1.54, 1.807) is 0 Å². The lowest BCUT2D eigenvalue weighted by Gasteiger charge is -2.16. The highest BCUT2D eigenvalue weighted by atomic mass is 35.5. The summed E-state index contributed by atoms with van der Waals surface area (Å²) < 4.78 is 3.74. The van der Waals surface area contributed by atoms with Crippen molar-refractivity contribution in [2.24, 2.45) is 14.1 Å². The van der Waals surface area contributed by atoms with Crippen molar-refractivity contribution < 1.29 is 0 Å². The monoisotopic (exact) mass is 281 g/mol. The van der Waals surface area contributed by atoms with E-state index in [4.69, 9.17) is 11.6 Å². The number of likely N-dealkylation sites (N-methyl/N-ethyl adjacent to an activating group) is 1. The molecule has 0 saturated heterocycles. The molecule has 0 saturated carbocycles. The van der Waals surface area contributed by atoms with Gasteiger partial charge in [0.2, 0.25) is 0 Å². The predicted octanol–water partition coefficient (Wildman–Crippen LogP) is 1.93. The van der Waals surface area contributed by atoms with Crippen molar-refractivity contribution in [3.8, 4) is 0 Å². The molecule has 2 heterocycles. The van der Waals surface area contributed by atoms with Gasteiger partial charge in [-0.1, -0.05) is 11.6 Å². The Hall–Kier alpha value is -1.33. The van der Waals surface area contributed by atoms with Gasteiger partial charge >= 0.3 is 0 Å². The normalized spacial score (nSPS) is 12.9. The highest BCUT2D eigenvalue weighted by molar-refractivity contribution is 6.31. The molecule has 1 atom stereocenters. The van der Waals surface area contributed by atoms with Crippen LogP contribution in [0.5, 0.6) is 0 Å². The van der Waals surface area contributed by atoms with Crippen LogP contribution in [0.1, 0.15) is 28.7 Å². The minimum atomic E-state index is 0.181. The second kappa shape index (κ2) is 5.35. The fourth-order valence-electron chi connectivity index (χ4n) is 2.32. The zero-order valence-electron chi connectivity index (χ0n) is 12.0. The molecular weight excluding hydrogens is 262 g/mol. The summed E-state index contributed by atoms with van der Waals surface area (Å²) in [4.78, 5) is 0. The summed E-state index contributed by atoms with van der Waals surface area (Å²) in [5.74, 6) is 0. The van der Waals surface area contributed by atoms with Gasteiger partial charge in [0.1, 0.15) is 0 Å². The van der Waals surface area contributed by atoms with Gasteiger partial charge in [0, 0.05) is 37.8 Å². The van der Waals surface area contributed by atoms with E-state index in [-0.39, 0.29) is 6.04 Å². The van der Waals surface area contributed by atoms with E-state index in [9.17, 15) is 0 Å². The third-order valence-corrected chi connectivity index (χ3v) is 4.15. The SMILES string of the molecule is CNC(Cc1c(Cl)c(C)nn1C)c1cnn(C)c1C. The number of hydrogen-bond acceptors (Lipinski definition) is 3. The maximum atomic E-state index is 6.32. The largest absolute Gasteiger partial charge is 0.313 e. The Balaban J connectivity index is 2.32. The lowest BCUT2D eigenvalue weighted by atomic mass is 10.0. The van der Waals surface area contributed by atoms with E-state index in [0.29, 0.717) is 0 Å². The summed E-state index contributed by atoms with van der Waals surface area (Å²) in [6, 6.07) is 0.181. The summed E-state index contributed by atoms with van der Waals surface area (Å²) in [5.41, 5.74) is 4.27. The molecule has 6 heteroatoms. The average Bonchev–Trinajstić information content (AvgIpc) is 2.81. The summed E-state index contributed by atoms with van der Waals surface area (Å²) in [6.45, 7) is 4.00. The quantitative estimate of drug-likeness (QED) is 0.931. The molecule has 0 fully saturated rings. The first-order valence-corrected chi connectivity index (χ1v) is 6.67. The van der Waals surface area contributed by atoms with Gasteiger partial charge in [-0.15, -0.1) is 0 Å². The molecule has 0 aromatic carbocycles. The maximum absolute atomic E-state index is 6.32. The van der Waals surface area contributed by atoms with Gasteiger partial charge in [0.15, 0.2) is 0 Å². The molecule has 2 aromatic rings. The van der Waals surface area contributed by atoms with Crippen molar-refractivity contribution in [3.05, 3.63) is 33.9 Å². The number of nitrogens with zero attached hydrogens (tertiary/aromatic N) is 4. The third-order valence-electron chi connectivity index (χ3n) is 3.66. The van der Waals surface area contributed by atoms with Gasteiger partial charge < -0.3 is 5.32 Å². The molecular formula is C13H20ClN5. The van der Waals surface area contributed by atoms with Gasteiger partial charge in [-0.2, -0.15) is 10.2 Å². The molecule has 0 aliphatic heterocycles. The van der Waals surface area contributed by atoms with E-state index < -0.39 is 0 Å². The Morgan fingerprint density at radius 1 is 1.32 bits per heavy atom. The van der Waals surface area contributed by atoms with Crippen molar-refractivity contribution >= 4 is 11.6 Å². The highest BCUT2D eigenvalue weighted by Crippen LogP contribution is 2.26. The zero-order valence-corrected chi connectivity index (χ0v) is 12.8. The van der Waals surface area contributed by atoms with Gasteiger partial charge in [-0.25, -0.2) is 0 Å². The number of rotatable bonds is 4. The molecule has 0 aliphatic carbocycles. The summed E-state index contributed by atoms with van der Waals surface area (Å²) >= 11 is 6.32. The minimum absolute atomic E-state index is 0.181. The smallest absolute Gasteiger partial charge is 0.0847 e. The molecule has 2 aromatic heterocycles. The fraction of sp³-hybridized carbons (Fsp3) is 0.538. The summed E-state index contributed by atoms with van der Waals surface area (Å²) in [6.07, 6.45) is 2.70. The predicted molar refractivity (Wildman–Crippen MR) is 76.4 cm³/mol. The molecule has 2 rings (SSSR count). The Kier molecular flexibility index (Phi) is 3.96. The van der Waals surface area contributed by atoms with Crippen molar-refractivity contribution in [2.75, 3.05) is 7.05 Å². The summed E-state index contributed by atoms with van der Waals surface area (Å²) in [7, 11) is 5.83. The van der Waals surface area contributed by atoms with Crippen molar-refractivity contribution in [3.63, 3.8) is 0 Å². The molecule has 1 unspecified atom stereocenters. The fourth-order valence-corrected chi connectivity index (χ4v) is 2.56. The van der Waals surface area contributed by atoms with Crippen LogP contribution in [-0.2, 0) is 20.5 Å². The Labute approximate surface area is 118 Å². The van der Waals surface area contributed by atoms with Crippen LogP contribution in [0.25, 0.3) is 0 Å². The molecule has 0 amide bonds. The van der Waals surface area contributed by atoms with Gasteiger partial charge in [0.25, 0.3) is 0 Å². The van der Waals surface area contributed by atoms with Crippen LogP contribution in [0.2, 0.25) is 5.02 Å². The molecule has 104 valence electrons. The lowest BCUT2D eigenvalue weighted by molar-refractivity contribution is 0.557. The average molecular weight is 282 g/mol. The van der Waals surface area contributed by atoms with Crippen LogP contribution in [-0.4, -0.2) is 26.6 Å². The van der Waals surface area contributed by atoms with Crippen molar-refractivity contribution in [1.29, 1.82) is 0 Å². The van der Waals surface area contributed by atoms with Crippen LogP contribution in [0.3, 0.4) is 0 Å². The van der Waals surface area contributed by atoms with Crippen LogP contribution < -0.4 is 5.32 Å². The van der Waals surface area contributed by atoms with Crippen LogP contribution >= 0.6 is 11.6 Å². The Bertz CT molecular complexity index is 584. The van der Waals surface area contributed by atoms with E-state index in [2.05, 4.69) is 22.4 Å². The highest BCUT2D eigenvalue weighted by Gasteiger charge is 2.20. The number of hydrogen-bond donors (Lipinski definition) is 1. The Morgan fingerprint density at radius 3 is 2.42 bits per heavy atom. The second-order valence-electron chi connectivity index (χ2n) is 4.82. The van der Waals surface area contributed by atoms with E-state index in [0.717, 1.165) is 28.5 Å². The van der Waals surface area contributed by atoms with Crippen molar-refractivity contribution in [2.45, 2.75) is 26.3 Å². The number of aromatic nitrogens is 4. The van der Waals surface area contributed by atoms with E-state index >= 15 is 0 Å². The molecule has 5 nitrogen and oxygen atoms in total. The topological polar surface area (TPSA) is 47.7 Å². The third kappa shape index (κ3) is 2.53. The first kappa shape index (κ1) is 14.1. The second-order valence-corrected chi connectivity index (χ2v) is 5.20. The van der Waals surface area contributed by atoms with E-state index in [1.165, 1.54) is 5.56 Å². The lowest BCUT2D eigenvalue weighted by Crippen LogP contribution is -2.21. The first-order chi connectivity index (χ1) is 8.95. The molecule has 0 spiro atoms. The number of halogens is 1. The molecule has 1 N–H and O–H groups in total. The summed E-state index contributed by atoms with van der Waals surface area (Å²) in [5, 5.41) is 12.7. The molecule has 0 aliphatic rings. The van der Waals surface area contributed by atoms with Crippen LogP contribution in [0.4, 0.5) is 0 Å². The van der Waals surface area contributed by atoms with Gasteiger partial charge in [-0.3, -0.25) is 9.36 Å². The maximum Gasteiger partial charge on any atom is 0.0847 e. The van der Waals surface area contributed by atoms with Crippen LogP contribution in [0.15, 0.2) is 6.20 Å². The van der Waals surface area contributed by atoms with Crippen LogP contribution in [0, 0.1) is 13.8 Å². The molecule has 0 bridgehead atoms. The van der Waals surface area contributed by atoms with Crippen molar-refractivity contribution in [1.82, 2.24) is 24.9 Å². The number of aryl methyl sites for hydroxylation is 3. The minimum Gasteiger partial charge on any atom is -0.313 e. The standard InChI is InChI=1S/C13H20ClN5/c1-8-13(14)12(19(5)17-8)6-11(15-3)10-7-16-18(4)9(10)2/h7,11,15H,6H2,1-5H3. The van der Waals surface area contributed by atoms with Gasteiger partial charge in [-0.05, 0) is 20.9 Å². The van der Waals surface area contributed by atoms with E-state index in [1.807, 2.05) is 43.6 Å². The number of nitrogens with one attached hydrogen (secondary N) is 1. The van der Waals surface area contributed by atoms with Gasteiger partial charge in [0.05, 0.1) is 22.6 Å².